The molecule has 92 valence electrons. The molecule has 0 radical (unpaired) electrons. The normalized spacial score (nSPS) is 24.7. The molecule has 1 amide bonds. The van der Waals surface area contributed by atoms with Crippen molar-refractivity contribution in [3.05, 3.63) is 29.8 Å². The van der Waals surface area contributed by atoms with Crippen LogP contribution in [0, 0.1) is 0 Å². The van der Waals surface area contributed by atoms with Crippen LogP contribution in [0.3, 0.4) is 0 Å². The average molecular weight is 232 g/mol. The Kier molecular flexibility index (Phi) is 3.36. The number of nitrogens with zero attached hydrogens (tertiary/aromatic N) is 1. The highest BCUT2D eigenvalue weighted by atomic mass is 16.2. The number of piperidine rings is 1. The van der Waals surface area contributed by atoms with Gasteiger partial charge >= 0.3 is 0 Å². The van der Waals surface area contributed by atoms with Crippen LogP contribution in [-0.2, 0) is 0 Å². The molecule has 0 saturated carbocycles. The first-order valence-electron chi connectivity index (χ1n) is 6.28. The highest BCUT2D eigenvalue weighted by Gasteiger charge is 2.29. The molecule has 1 aliphatic heterocycles. The van der Waals surface area contributed by atoms with Crippen LogP contribution in [0.15, 0.2) is 24.3 Å². The highest BCUT2D eigenvalue weighted by molar-refractivity contribution is 5.95. The molecule has 3 heteroatoms. The Hall–Kier alpha value is -1.51. The van der Waals surface area contributed by atoms with E-state index >= 15 is 0 Å². The molecule has 0 aromatic heterocycles. The zero-order valence-electron chi connectivity index (χ0n) is 10.5. The molecule has 3 nitrogen and oxygen atoms in total. The molecule has 1 aromatic carbocycles. The van der Waals surface area contributed by atoms with Crippen LogP contribution >= 0.6 is 0 Å². The number of carbonyl (C=O) groups excluding carboxylic acids is 1. The van der Waals surface area contributed by atoms with Gasteiger partial charge in [-0.15, -0.1) is 0 Å². The number of anilines is 1. The molecule has 0 unspecified atom stereocenters. The quantitative estimate of drug-likeness (QED) is 0.757. The zero-order chi connectivity index (χ0) is 12.4. The molecule has 1 fully saturated rings. The third kappa shape index (κ3) is 2.43. The maximum atomic E-state index is 12.4. The molecule has 0 spiro atoms. The molecule has 2 atom stereocenters. The van der Waals surface area contributed by atoms with E-state index in [2.05, 4.69) is 13.8 Å². The lowest BCUT2D eigenvalue weighted by molar-refractivity contribution is 0.0511. The van der Waals surface area contributed by atoms with Crippen molar-refractivity contribution in [3.8, 4) is 0 Å². The molecule has 1 saturated heterocycles. The first-order chi connectivity index (χ1) is 8.09. The van der Waals surface area contributed by atoms with Gasteiger partial charge in [0, 0.05) is 23.3 Å². The summed E-state index contributed by atoms with van der Waals surface area (Å²) in [4.78, 5) is 14.4. The Balaban J connectivity index is 2.20. The Bertz CT molecular complexity index is 389. The van der Waals surface area contributed by atoms with Crippen LogP contribution in [0.5, 0.6) is 0 Å². The van der Waals surface area contributed by atoms with Gasteiger partial charge in [0.05, 0.1) is 0 Å². The van der Waals surface area contributed by atoms with Gasteiger partial charge < -0.3 is 10.6 Å². The first kappa shape index (κ1) is 12.0. The topological polar surface area (TPSA) is 46.3 Å². The summed E-state index contributed by atoms with van der Waals surface area (Å²) in [6, 6.07) is 7.86. The number of hydrogen-bond acceptors (Lipinski definition) is 2. The van der Waals surface area contributed by atoms with Crippen LogP contribution in [0.1, 0.15) is 43.5 Å². The highest BCUT2D eigenvalue weighted by Crippen LogP contribution is 2.24. The minimum Gasteiger partial charge on any atom is -0.399 e. The number of carbonyl (C=O) groups is 1. The van der Waals surface area contributed by atoms with E-state index in [9.17, 15) is 4.79 Å². The van der Waals surface area contributed by atoms with Crippen molar-refractivity contribution >= 4 is 11.6 Å². The summed E-state index contributed by atoms with van der Waals surface area (Å²) < 4.78 is 0. The van der Waals surface area contributed by atoms with Crippen molar-refractivity contribution in [1.82, 2.24) is 4.90 Å². The Morgan fingerprint density at radius 3 is 2.24 bits per heavy atom. The molecular formula is C14H20N2O. The van der Waals surface area contributed by atoms with Gasteiger partial charge in [-0.3, -0.25) is 4.79 Å². The molecule has 2 rings (SSSR count). The number of amides is 1. The van der Waals surface area contributed by atoms with Gasteiger partial charge in [-0.25, -0.2) is 0 Å². The van der Waals surface area contributed by atoms with E-state index in [0.29, 0.717) is 17.8 Å². The van der Waals surface area contributed by atoms with Crippen LogP contribution in [0.2, 0.25) is 0 Å². The minimum atomic E-state index is 0.129. The lowest BCUT2D eigenvalue weighted by Crippen LogP contribution is -2.47. The number of nitrogen functional groups attached to an aromatic ring is 1. The predicted octanol–water partition coefficient (Wildman–Crippen LogP) is 2.67. The molecule has 1 aliphatic rings. The second-order valence-electron chi connectivity index (χ2n) is 4.96. The van der Waals surface area contributed by atoms with Crippen LogP contribution in [-0.4, -0.2) is 22.9 Å². The second kappa shape index (κ2) is 4.78. The lowest BCUT2D eigenvalue weighted by Gasteiger charge is -2.39. The standard InChI is InChI=1S/C14H20N2O/c1-10-4-3-5-11(2)16(10)14(17)12-6-8-13(15)9-7-12/h6-11H,3-5,15H2,1-2H3/t10-,11+. The van der Waals surface area contributed by atoms with E-state index in [1.54, 1.807) is 12.1 Å². The number of nitrogens with two attached hydrogens (primary N) is 1. The summed E-state index contributed by atoms with van der Waals surface area (Å²) in [7, 11) is 0. The van der Waals surface area contributed by atoms with Crippen LogP contribution in [0.25, 0.3) is 0 Å². The Morgan fingerprint density at radius 1 is 1.18 bits per heavy atom. The Morgan fingerprint density at radius 2 is 1.71 bits per heavy atom. The van der Waals surface area contributed by atoms with Crippen molar-refractivity contribution in [3.63, 3.8) is 0 Å². The van der Waals surface area contributed by atoms with Gasteiger partial charge in [-0.2, -0.15) is 0 Å². The van der Waals surface area contributed by atoms with E-state index < -0.39 is 0 Å². The fourth-order valence-electron chi connectivity index (χ4n) is 2.60. The smallest absolute Gasteiger partial charge is 0.254 e. The zero-order valence-corrected chi connectivity index (χ0v) is 10.5. The average Bonchev–Trinajstić information content (AvgIpc) is 2.29. The Labute approximate surface area is 103 Å². The van der Waals surface area contributed by atoms with Crippen LogP contribution in [0.4, 0.5) is 5.69 Å². The van der Waals surface area contributed by atoms with Crippen LogP contribution < -0.4 is 5.73 Å². The SMILES string of the molecule is C[C@@H]1CCC[C@H](C)N1C(=O)c1ccc(N)cc1. The summed E-state index contributed by atoms with van der Waals surface area (Å²) in [6.07, 6.45) is 3.42. The molecule has 2 N–H and O–H groups in total. The van der Waals surface area contributed by atoms with E-state index in [-0.39, 0.29) is 5.91 Å². The number of likely N-dealkylation sites (tertiary alicyclic amines) is 1. The van der Waals surface area contributed by atoms with Crippen molar-refractivity contribution < 1.29 is 4.79 Å². The molecule has 1 heterocycles. The fourth-order valence-corrected chi connectivity index (χ4v) is 2.60. The molecular weight excluding hydrogens is 212 g/mol. The monoisotopic (exact) mass is 232 g/mol. The molecule has 0 bridgehead atoms. The number of benzene rings is 1. The third-order valence-electron chi connectivity index (χ3n) is 3.59. The predicted molar refractivity (Wildman–Crippen MR) is 69.8 cm³/mol. The summed E-state index contributed by atoms with van der Waals surface area (Å²) in [5, 5.41) is 0. The van der Waals surface area contributed by atoms with E-state index in [1.807, 2.05) is 17.0 Å². The number of hydrogen-bond donors (Lipinski definition) is 1. The maximum absolute atomic E-state index is 12.4. The van der Waals surface area contributed by atoms with Crippen molar-refractivity contribution in [2.45, 2.75) is 45.2 Å². The summed E-state index contributed by atoms with van der Waals surface area (Å²) in [6.45, 7) is 4.26. The molecule has 1 aromatic rings. The minimum absolute atomic E-state index is 0.129. The van der Waals surface area contributed by atoms with Crippen molar-refractivity contribution in [1.29, 1.82) is 0 Å². The molecule has 17 heavy (non-hydrogen) atoms. The fraction of sp³-hybridized carbons (Fsp3) is 0.500. The summed E-state index contributed by atoms with van der Waals surface area (Å²) >= 11 is 0. The van der Waals surface area contributed by atoms with Crippen molar-refractivity contribution in [2.24, 2.45) is 0 Å². The van der Waals surface area contributed by atoms with E-state index in [4.69, 9.17) is 5.73 Å². The summed E-state index contributed by atoms with van der Waals surface area (Å²) in [5.41, 5.74) is 7.07. The lowest BCUT2D eigenvalue weighted by atomic mass is 9.96. The van der Waals surface area contributed by atoms with Gasteiger partial charge in [-0.1, -0.05) is 0 Å². The van der Waals surface area contributed by atoms with Gasteiger partial charge in [-0.05, 0) is 57.4 Å². The van der Waals surface area contributed by atoms with Gasteiger partial charge in [0.25, 0.3) is 5.91 Å². The number of rotatable bonds is 1. The molecule has 0 aliphatic carbocycles. The third-order valence-corrected chi connectivity index (χ3v) is 3.59. The van der Waals surface area contributed by atoms with Gasteiger partial charge in [0.1, 0.15) is 0 Å². The van der Waals surface area contributed by atoms with E-state index in [0.717, 1.165) is 18.4 Å². The van der Waals surface area contributed by atoms with Gasteiger partial charge in [0.2, 0.25) is 0 Å². The second-order valence-corrected chi connectivity index (χ2v) is 4.96. The summed E-state index contributed by atoms with van der Waals surface area (Å²) in [5.74, 6) is 0.129. The van der Waals surface area contributed by atoms with Crippen molar-refractivity contribution in [2.75, 3.05) is 5.73 Å². The maximum Gasteiger partial charge on any atom is 0.254 e. The largest absolute Gasteiger partial charge is 0.399 e. The van der Waals surface area contributed by atoms with Gasteiger partial charge in [0.15, 0.2) is 0 Å². The van der Waals surface area contributed by atoms with E-state index in [1.165, 1.54) is 6.42 Å². The first-order valence-corrected chi connectivity index (χ1v) is 6.28.